The van der Waals surface area contributed by atoms with Crippen LogP contribution in [0.2, 0.25) is 0 Å². The quantitative estimate of drug-likeness (QED) is 0.847. The molecule has 0 saturated carbocycles. The molecular weight excluding hydrogens is 208 g/mol. The van der Waals surface area contributed by atoms with Crippen LogP contribution in [0.4, 0.5) is 0 Å². The Morgan fingerprint density at radius 1 is 1.38 bits per heavy atom. The van der Waals surface area contributed by atoms with Gasteiger partial charge in [0.2, 0.25) is 0 Å². The molecule has 16 heavy (non-hydrogen) atoms. The van der Waals surface area contributed by atoms with E-state index < -0.39 is 5.97 Å². The first-order valence-electron chi connectivity index (χ1n) is 4.77. The molecule has 0 saturated heterocycles. The fraction of sp³-hybridized carbons (Fsp3) is 0.182. The second-order valence-electron chi connectivity index (χ2n) is 3.44. The second kappa shape index (κ2) is 4.14. The summed E-state index contributed by atoms with van der Waals surface area (Å²) in [7, 11) is 0. The Balaban J connectivity index is 2.45. The topological polar surface area (TPSA) is 76.2 Å². The van der Waals surface area contributed by atoms with Crippen LogP contribution >= 0.6 is 0 Å². The molecule has 2 aromatic rings. The lowest BCUT2D eigenvalue weighted by molar-refractivity contribution is -0.136. The maximum Gasteiger partial charge on any atom is 0.309 e. The van der Waals surface area contributed by atoms with Crippen LogP contribution in [0, 0.1) is 6.92 Å². The normalized spacial score (nSPS) is 10.3. The fourth-order valence-corrected chi connectivity index (χ4v) is 1.51. The van der Waals surface area contributed by atoms with Crippen molar-refractivity contribution in [3.05, 3.63) is 35.5 Å². The molecule has 5 heteroatoms. The van der Waals surface area contributed by atoms with E-state index in [0.29, 0.717) is 11.4 Å². The van der Waals surface area contributed by atoms with E-state index in [0.717, 1.165) is 11.1 Å². The molecule has 0 aliphatic rings. The Kier molecular flexibility index (Phi) is 2.68. The van der Waals surface area contributed by atoms with Gasteiger partial charge < -0.3 is 5.11 Å². The van der Waals surface area contributed by atoms with Crippen molar-refractivity contribution in [3.8, 4) is 11.3 Å². The summed E-state index contributed by atoms with van der Waals surface area (Å²) in [6.07, 6.45) is -0.187. The fourth-order valence-electron chi connectivity index (χ4n) is 1.51. The molecule has 0 aliphatic heterocycles. The van der Waals surface area contributed by atoms with Crippen molar-refractivity contribution < 1.29 is 14.5 Å². The van der Waals surface area contributed by atoms with E-state index in [1.807, 2.05) is 31.2 Å². The lowest BCUT2D eigenvalue weighted by atomic mass is 10.0. The van der Waals surface area contributed by atoms with Crippen molar-refractivity contribution in [3.63, 3.8) is 0 Å². The average molecular weight is 218 g/mol. The van der Waals surface area contributed by atoms with E-state index in [9.17, 15) is 4.79 Å². The van der Waals surface area contributed by atoms with Crippen LogP contribution in [-0.2, 0) is 11.2 Å². The van der Waals surface area contributed by atoms with E-state index in [2.05, 4.69) is 14.9 Å². The molecule has 1 N–H and O–H groups in total. The Labute approximate surface area is 91.7 Å². The van der Waals surface area contributed by atoms with Crippen molar-refractivity contribution in [2.24, 2.45) is 0 Å². The zero-order valence-corrected chi connectivity index (χ0v) is 8.67. The van der Waals surface area contributed by atoms with Gasteiger partial charge in [0.05, 0.1) is 6.42 Å². The highest BCUT2D eigenvalue weighted by molar-refractivity contribution is 5.74. The van der Waals surface area contributed by atoms with Gasteiger partial charge in [-0.2, -0.15) is 0 Å². The highest BCUT2D eigenvalue weighted by Gasteiger charge is 2.16. The van der Waals surface area contributed by atoms with Gasteiger partial charge in [0.1, 0.15) is 11.4 Å². The van der Waals surface area contributed by atoms with Crippen molar-refractivity contribution >= 4 is 5.97 Å². The molecule has 0 atom stereocenters. The van der Waals surface area contributed by atoms with Crippen LogP contribution in [0.1, 0.15) is 11.3 Å². The minimum absolute atomic E-state index is 0.187. The predicted molar refractivity (Wildman–Crippen MR) is 55.8 cm³/mol. The van der Waals surface area contributed by atoms with Gasteiger partial charge in [-0.3, -0.25) is 4.79 Å². The Morgan fingerprint density at radius 3 is 2.81 bits per heavy atom. The van der Waals surface area contributed by atoms with Crippen molar-refractivity contribution in [2.45, 2.75) is 13.3 Å². The summed E-state index contributed by atoms with van der Waals surface area (Å²) in [6.45, 7) is 1.93. The third-order valence-electron chi connectivity index (χ3n) is 2.28. The number of aromatic nitrogens is 2. The van der Waals surface area contributed by atoms with Crippen LogP contribution < -0.4 is 0 Å². The van der Waals surface area contributed by atoms with Gasteiger partial charge in [-0.05, 0) is 17.6 Å². The number of nitrogens with zero attached hydrogens (tertiary/aromatic N) is 2. The van der Waals surface area contributed by atoms with Gasteiger partial charge in [-0.1, -0.05) is 29.4 Å². The van der Waals surface area contributed by atoms with E-state index in [1.54, 1.807) is 0 Å². The number of carboxylic acid groups (broad SMARTS) is 1. The zero-order chi connectivity index (χ0) is 11.5. The molecule has 0 aliphatic carbocycles. The molecule has 0 fully saturated rings. The number of aliphatic carboxylic acids is 1. The zero-order valence-electron chi connectivity index (χ0n) is 8.67. The summed E-state index contributed by atoms with van der Waals surface area (Å²) in [5, 5.41) is 16.1. The molecule has 2 rings (SSSR count). The van der Waals surface area contributed by atoms with Crippen molar-refractivity contribution in [1.82, 2.24) is 10.3 Å². The molecule has 5 nitrogen and oxygen atoms in total. The van der Waals surface area contributed by atoms with Crippen LogP contribution in [0.3, 0.4) is 0 Å². The van der Waals surface area contributed by atoms with Gasteiger partial charge in [0.15, 0.2) is 0 Å². The molecule has 1 aromatic carbocycles. The summed E-state index contributed by atoms with van der Waals surface area (Å²) < 4.78 is 4.59. The Morgan fingerprint density at radius 2 is 2.12 bits per heavy atom. The van der Waals surface area contributed by atoms with E-state index >= 15 is 0 Å². The summed E-state index contributed by atoms with van der Waals surface area (Å²) in [4.78, 5) is 10.6. The monoisotopic (exact) mass is 218 g/mol. The Hall–Kier alpha value is -2.17. The summed E-state index contributed by atoms with van der Waals surface area (Å²) in [5.41, 5.74) is 2.70. The van der Waals surface area contributed by atoms with Crippen LogP contribution in [0.15, 0.2) is 28.9 Å². The average Bonchev–Trinajstić information content (AvgIpc) is 2.66. The van der Waals surface area contributed by atoms with Gasteiger partial charge in [0, 0.05) is 5.56 Å². The molecule has 0 unspecified atom stereocenters. The highest BCUT2D eigenvalue weighted by atomic mass is 16.6. The molecule has 0 bridgehead atoms. The smallest absolute Gasteiger partial charge is 0.309 e. The van der Waals surface area contributed by atoms with Gasteiger partial charge in [0.25, 0.3) is 0 Å². The maximum atomic E-state index is 10.6. The largest absolute Gasteiger partial charge is 0.481 e. The number of carboxylic acids is 1. The molecule has 0 amide bonds. The first-order chi connectivity index (χ1) is 7.68. The predicted octanol–water partition coefficient (Wildman–Crippen LogP) is 1.67. The molecular formula is C11H10N2O3. The Bertz CT molecular complexity index is 519. The molecule has 1 heterocycles. The van der Waals surface area contributed by atoms with Gasteiger partial charge in [-0.15, -0.1) is 0 Å². The maximum absolute atomic E-state index is 10.6. The lowest BCUT2D eigenvalue weighted by Crippen LogP contribution is -2.02. The molecule has 0 radical (unpaired) electrons. The van der Waals surface area contributed by atoms with Crippen LogP contribution in [0.5, 0.6) is 0 Å². The standard InChI is InChI=1S/C11H10N2O3/c1-7-4-2-3-5-8(7)11-9(6-10(14)15)12-16-13-11/h2-5H,6H2,1H3,(H,14,15). The number of benzene rings is 1. The molecule has 1 aromatic heterocycles. The van der Waals surface area contributed by atoms with E-state index in [1.165, 1.54) is 0 Å². The lowest BCUT2D eigenvalue weighted by Gasteiger charge is -2.01. The first kappa shape index (κ1) is 10.4. The highest BCUT2D eigenvalue weighted by Crippen LogP contribution is 2.23. The van der Waals surface area contributed by atoms with E-state index in [-0.39, 0.29) is 6.42 Å². The van der Waals surface area contributed by atoms with E-state index in [4.69, 9.17) is 5.11 Å². The second-order valence-corrected chi connectivity index (χ2v) is 3.44. The van der Waals surface area contributed by atoms with Crippen LogP contribution in [-0.4, -0.2) is 21.4 Å². The van der Waals surface area contributed by atoms with Gasteiger partial charge >= 0.3 is 5.97 Å². The summed E-state index contributed by atoms with van der Waals surface area (Å²) in [5.74, 6) is -0.953. The first-order valence-corrected chi connectivity index (χ1v) is 4.77. The third-order valence-corrected chi connectivity index (χ3v) is 2.28. The van der Waals surface area contributed by atoms with Crippen molar-refractivity contribution in [1.29, 1.82) is 0 Å². The van der Waals surface area contributed by atoms with Crippen molar-refractivity contribution in [2.75, 3.05) is 0 Å². The number of aryl methyl sites for hydroxylation is 1. The minimum Gasteiger partial charge on any atom is -0.481 e. The number of hydrogen-bond donors (Lipinski definition) is 1. The van der Waals surface area contributed by atoms with Crippen LogP contribution in [0.25, 0.3) is 11.3 Å². The molecule has 0 spiro atoms. The van der Waals surface area contributed by atoms with Gasteiger partial charge in [-0.25, -0.2) is 4.63 Å². The number of carbonyl (C=O) groups is 1. The molecule has 82 valence electrons. The number of rotatable bonds is 3. The summed E-state index contributed by atoms with van der Waals surface area (Å²) in [6, 6.07) is 7.56. The SMILES string of the molecule is Cc1ccccc1-c1nonc1CC(=O)O. The summed E-state index contributed by atoms with van der Waals surface area (Å²) >= 11 is 0. The third kappa shape index (κ3) is 1.93. The minimum atomic E-state index is -0.953. The number of hydrogen-bond acceptors (Lipinski definition) is 4.